The van der Waals surface area contributed by atoms with E-state index in [1.165, 1.54) is 21.7 Å². The summed E-state index contributed by atoms with van der Waals surface area (Å²) in [7, 11) is -1.72. The van der Waals surface area contributed by atoms with Crippen molar-refractivity contribution in [2.75, 3.05) is 10.6 Å². The first-order valence-corrected chi connectivity index (χ1v) is 12.2. The van der Waals surface area contributed by atoms with Gasteiger partial charge in [0.2, 0.25) is 0 Å². The molecule has 3 rings (SSSR count). The van der Waals surface area contributed by atoms with E-state index in [-0.39, 0.29) is 9.96 Å². The van der Waals surface area contributed by atoms with Crippen molar-refractivity contribution in [1.29, 1.82) is 0 Å². The number of nitrogens with zero attached hydrogens (tertiary/aromatic N) is 2. The highest BCUT2D eigenvalue weighted by atomic mass is 32.2. The van der Waals surface area contributed by atoms with E-state index in [1.54, 1.807) is 16.7 Å². The van der Waals surface area contributed by atoms with Crippen molar-refractivity contribution in [1.82, 2.24) is 8.75 Å². The van der Waals surface area contributed by atoms with Gasteiger partial charge in [-0.3, -0.25) is 0 Å². The van der Waals surface area contributed by atoms with E-state index < -0.39 is 11.0 Å². The Balaban J connectivity index is 0.000000771. The maximum Gasteiger partial charge on any atom is 0.188 e. The largest absolute Gasteiger partial charge is 0.504 e. The van der Waals surface area contributed by atoms with Crippen LogP contribution in [0.2, 0.25) is 0 Å². The summed E-state index contributed by atoms with van der Waals surface area (Å²) in [6.07, 6.45) is 9.25. The van der Waals surface area contributed by atoms with Crippen LogP contribution in [0.15, 0.2) is 15.7 Å². The minimum Gasteiger partial charge on any atom is -0.504 e. The molecule has 0 bridgehead atoms. The summed E-state index contributed by atoms with van der Waals surface area (Å²) >= 11 is 3.93. The SMILES string of the molecule is C#C.CCC.Cc1cc(CNc2nsnc2Nc2csc(S(N)=O)c2O)sc1C. The summed E-state index contributed by atoms with van der Waals surface area (Å²) in [5.41, 5.74) is 1.68. The fourth-order valence-corrected chi connectivity index (χ4v) is 4.91. The molecule has 0 aromatic carbocycles. The molecule has 0 radical (unpaired) electrons. The molecule has 0 fully saturated rings. The molecule has 7 nitrogen and oxygen atoms in total. The van der Waals surface area contributed by atoms with Crippen LogP contribution in [0.25, 0.3) is 0 Å². The van der Waals surface area contributed by atoms with Crippen molar-refractivity contribution in [3.05, 3.63) is 26.8 Å². The average Bonchev–Trinajstić information content (AvgIpc) is 3.37. The normalized spacial score (nSPS) is 10.9. The third-order valence-corrected chi connectivity index (χ3v) is 7.09. The second-order valence-corrected chi connectivity index (χ2v) is 9.69. The summed E-state index contributed by atoms with van der Waals surface area (Å²) in [6.45, 7) is 9.08. The Morgan fingerprint density at radius 2 is 1.86 bits per heavy atom. The summed E-state index contributed by atoms with van der Waals surface area (Å²) in [5, 5.41) is 23.2. The standard InChI is InChI=1S/C13H15N5O2S4.C3H8.C2H2/c1-6-3-8(22-7(6)2)4-15-11-12(18-23-17-11)16-9-5-21-13(10(9)19)24(14)20;1-3-2;1-2/h3,5,19H,4,14H2,1-2H3,(H,15,17)(H,16,18);3H2,1-2H3;1-2H. The molecule has 1 unspecified atom stereocenters. The zero-order chi connectivity index (χ0) is 22.0. The summed E-state index contributed by atoms with van der Waals surface area (Å²) in [5.74, 6) is 0.987. The monoisotopic (exact) mass is 471 g/mol. The molecule has 3 aromatic rings. The van der Waals surface area contributed by atoms with E-state index in [0.29, 0.717) is 23.9 Å². The second-order valence-electron chi connectivity index (χ2n) is 5.68. The first-order chi connectivity index (χ1) is 13.9. The molecule has 5 N–H and O–H groups in total. The number of aromatic nitrogens is 2. The highest BCUT2D eigenvalue weighted by Crippen LogP contribution is 2.38. The van der Waals surface area contributed by atoms with Gasteiger partial charge in [0.05, 0.1) is 24.0 Å². The number of anilines is 3. The lowest BCUT2D eigenvalue weighted by Crippen LogP contribution is -2.02. The molecule has 158 valence electrons. The fourth-order valence-electron chi connectivity index (χ4n) is 1.99. The predicted octanol–water partition coefficient (Wildman–Crippen LogP) is 4.99. The topological polar surface area (TPSA) is 113 Å². The number of nitrogens with one attached hydrogen (secondary N) is 2. The van der Waals surface area contributed by atoms with Crippen molar-refractivity contribution in [2.24, 2.45) is 5.14 Å². The highest BCUT2D eigenvalue weighted by molar-refractivity contribution is 7.85. The van der Waals surface area contributed by atoms with Crippen LogP contribution >= 0.6 is 34.4 Å². The molecule has 0 aliphatic carbocycles. The average molecular weight is 472 g/mol. The lowest BCUT2D eigenvalue weighted by Gasteiger charge is -2.06. The van der Waals surface area contributed by atoms with Gasteiger partial charge in [-0.05, 0) is 25.5 Å². The second kappa shape index (κ2) is 12.6. The number of aromatic hydroxyl groups is 1. The zero-order valence-corrected chi connectivity index (χ0v) is 19.9. The van der Waals surface area contributed by atoms with E-state index >= 15 is 0 Å². The molecule has 0 amide bonds. The van der Waals surface area contributed by atoms with E-state index in [2.05, 4.69) is 66.0 Å². The molecule has 0 saturated carbocycles. The van der Waals surface area contributed by atoms with E-state index in [1.807, 2.05) is 0 Å². The summed E-state index contributed by atoms with van der Waals surface area (Å²) in [4.78, 5) is 2.51. The van der Waals surface area contributed by atoms with Gasteiger partial charge in [0.1, 0.15) is 11.0 Å². The van der Waals surface area contributed by atoms with Crippen LogP contribution in [0.3, 0.4) is 0 Å². The molecule has 11 heteroatoms. The molecule has 0 saturated heterocycles. The summed E-state index contributed by atoms with van der Waals surface area (Å²) in [6, 6.07) is 2.15. The van der Waals surface area contributed by atoms with Gasteiger partial charge in [0.15, 0.2) is 21.6 Å². The van der Waals surface area contributed by atoms with Crippen LogP contribution in [0, 0.1) is 26.7 Å². The van der Waals surface area contributed by atoms with Crippen LogP contribution in [-0.4, -0.2) is 18.1 Å². The first-order valence-electron chi connectivity index (χ1n) is 8.56. The lowest BCUT2D eigenvalue weighted by molar-refractivity contribution is 0.468. The van der Waals surface area contributed by atoms with E-state index in [9.17, 15) is 9.32 Å². The van der Waals surface area contributed by atoms with Crippen LogP contribution < -0.4 is 15.8 Å². The van der Waals surface area contributed by atoms with Gasteiger partial charge in [0.25, 0.3) is 0 Å². The Hall–Kier alpha value is -1.97. The number of nitrogens with two attached hydrogens (primary N) is 1. The van der Waals surface area contributed by atoms with Crippen LogP contribution in [0.4, 0.5) is 17.3 Å². The van der Waals surface area contributed by atoms with Gasteiger partial charge in [-0.1, -0.05) is 20.3 Å². The Morgan fingerprint density at radius 3 is 2.38 bits per heavy atom. The van der Waals surface area contributed by atoms with Gasteiger partial charge >= 0.3 is 0 Å². The number of rotatable bonds is 6. The van der Waals surface area contributed by atoms with Crippen LogP contribution in [-0.2, 0) is 17.5 Å². The van der Waals surface area contributed by atoms with E-state index in [4.69, 9.17) is 5.14 Å². The number of aryl methyl sites for hydroxylation is 2. The van der Waals surface area contributed by atoms with Gasteiger partial charge in [-0.25, -0.2) is 9.35 Å². The zero-order valence-electron chi connectivity index (χ0n) is 16.7. The maximum atomic E-state index is 11.3. The number of terminal acetylenes is 1. The molecular weight excluding hydrogens is 446 g/mol. The van der Waals surface area contributed by atoms with Crippen molar-refractivity contribution >= 4 is 62.7 Å². The minimum absolute atomic E-state index is 0.121. The number of hydrogen-bond acceptors (Lipinski definition) is 9. The van der Waals surface area contributed by atoms with Gasteiger partial charge in [-0.15, -0.1) is 35.5 Å². The lowest BCUT2D eigenvalue weighted by atomic mass is 10.3. The van der Waals surface area contributed by atoms with Crippen molar-refractivity contribution in [2.45, 2.75) is 44.9 Å². The molecule has 0 aliphatic heterocycles. The van der Waals surface area contributed by atoms with Crippen LogP contribution in [0.5, 0.6) is 5.75 Å². The number of thiophene rings is 2. The Kier molecular flexibility index (Phi) is 10.9. The number of hydrogen-bond donors (Lipinski definition) is 4. The Labute approximate surface area is 186 Å². The smallest absolute Gasteiger partial charge is 0.188 e. The predicted molar refractivity (Wildman–Crippen MR) is 127 cm³/mol. The Morgan fingerprint density at radius 1 is 1.24 bits per heavy atom. The molecule has 3 heterocycles. The highest BCUT2D eigenvalue weighted by Gasteiger charge is 2.17. The molecule has 3 aromatic heterocycles. The van der Waals surface area contributed by atoms with Crippen molar-refractivity contribution in [3.63, 3.8) is 0 Å². The first kappa shape index (κ1) is 25.1. The summed E-state index contributed by atoms with van der Waals surface area (Å²) < 4.78 is 19.9. The van der Waals surface area contributed by atoms with Crippen molar-refractivity contribution < 1.29 is 9.32 Å². The molecular formula is C18H25N5O2S4. The quantitative estimate of drug-likeness (QED) is 0.377. The fraction of sp³-hybridized carbons (Fsp3) is 0.333. The van der Waals surface area contributed by atoms with Crippen LogP contribution in [0.1, 0.15) is 35.6 Å². The maximum absolute atomic E-state index is 11.3. The Bertz CT molecular complexity index is 926. The minimum atomic E-state index is -1.72. The van der Waals surface area contributed by atoms with E-state index in [0.717, 1.165) is 23.1 Å². The van der Waals surface area contributed by atoms with Gasteiger partial charge in [-0.2, -0.15) is 8.75 Å². The third-order valence-electron chi connectivity index (χ3n) is 3.30. The molecule has 0 spiro atoms. The molecule has 29 heavy (non-hydrogen) atoms. The van der Waals surface area contributed by atoms with Gasteiger partial charge in [0, 0.05) is 15.1 Å². The van der Waals surface area contributed by atoms with Gasteiger partial charge < -0.3 is 15.7 Å². The third kappa shape index (κ3) is 7.09. The van der Waals surface area contributed by atoms with Crippen molar-refractivity contribution in [3.8, 4) is 18.6 Å². The molecule has 0 aliphatic rings. The molecule has 1 atom stereocenters.